The largest absolute Gasteiger partial charge is 0.443 e. The molecule has 2 aromatic rings. The number of amides is 2. The van der Waals surface area contributed by atoms with Gasteiger partial charge in [-0.15, -0.1) is 0 Å². The number of halogens is 2. The molecule has 2 aliphatic carbocycles. The first-order chi connectivity index (χ1) is 15.6. The van der Waals surface area contributed by atoms with Crippen LogP contribution in [0.2, 0.25) is 0 Å². The molecular formula is C24H22Br2N2O4. The van der Waals surface area contributed by atoms with Crippen LogP contribution < -0.4 is 0 Å². The standard InChI is InChI=1S/C24H22Br2N2O4/c25-21-19-17-11-12-18(20(19)22(21)26)28(24(30)32-14-16-9-5-2-6-10-16)27(17)23(29)31-13-15-7-3-1-4-8-15/h1-12,17-22H,13-14H2. The topological polar surface area (TPSA) is 59.1 Å². The molecule has 6 atom stereocenters. The van der Waals surface area contributed by atoms with E-state index in [1.807, 2.05) is 72.8 Å². The second kappa shape index (κ2) is 8.90. The van der Waals surface area contributed by atoms with Gasteiger partial charge in [-0.05, 0) is 11.1 Å². The number of alkyl halides is 2. The molecule has 0 radical (unpaired) electrons. The maximum Gasteiger partial charge on any atom is 0.429 e. The van der Waals surface area contributed by atoms with Crippen molar-refractivity contribution < 1.29 is 19.1 Å². The first-order valence-electron chi connectivity index (χ1n) is 10.5. The number of ether oxygens (including phenoxy) is 2. The van der Waals surface area contributed by atoms with E-state index in [0.717, 1.165) is 11.1 Å². The van der Waals surface area contributed by atoms with E-state index in [2.05, 4.69) is 31.9 Å². The smallest absolute Gasteiger partial charge is 0.429 e. The van der Waals surface area contributed by atoms with Crippen molar-refractivity contribution in [2.75, 3.05) is 0 Å². The molecule has 1 saturated carbocycles. The summed E-state index contributed by atoms with van der Waals surface area (Å²) in [5.74, 6) is 0.383. The van der Waals surface area contributed by atoms with Gasteiger partial charge in [0.25, 0.3) is 0 Å². The second-order valence-electron chi connectivity index (χ2n) is 8.18. The highest BCUT2D eigenvalue weighted by molar-refractivity contribution is 9.12. The fourth-order valence-electron chi connectivity index (χ4n) is 4.79. The molecule has 6 unspecified atom stereocenters. The Labute approximate surface area is 203 Å². The summed E-state index contributed by atoms with van der Waals surface area (Å²) in [6.45, 7) is 0.272. The van der Waals surface area contributed by atoms with E-state index in [9.17, 15) is 9.59 Å². The lowest BCUT2D eigenvalue weighted by Gasteiger charge is -2.63. The van der Waals surface area contributed by atoms with Crippen molar-refractivity contribution in [2.24, 2.45) is 11.8 Å². The van der Waals surface area contributed by atoms with E-state index >= 15 is 0 Å². The number of benzene rings is 2. The molecule has 2 fully saturated rings. The third-order valence-electron chi connectivity index (χ3n) is 6.36. The van der Waals surface area contributed by atoms with Crippen molar-refractivity contribution in [1.82, 2.24) is 10.0 Å². The summed E-state index contributed by atoms with van der Waals surface area (Å²) >= 11 is 7.49. The van der Waals surface area contributed by atoms with Gasteiger partial charge in [0, 0.05) is 21.5 Å². The van der Waals surface area contributed by atoms with Gasteiger partial charge in [0.1, 0.15) is 13.2 Å². The number of carbonyl (C=O) groups is 2. The molecule has 2 aromatic carbocycles. The minimum atomic E-state index is -0.555. The molecule has 8 heteroatoms. The number of hydrazine groups is 1. The molecule has 2 bridgehead atoms. The lowest BCUT2D eigenvalue weighted by atomic mass is 9.61. The fourth-order valence-corrected chi connectivity index (χ4v) is 6.82. The Morgan fingerprint density at radius 2 is 1.06 bits per heavy atom. The Bertz CT molecular complexity index is 938. The number of carbonyl (C=O) groups excluding carboxylic acids is 2. The molecule has 32 heavy (non-hydrogen) atoms. The zero-order chi connectivity index (χ0) is 22.2. The van der Waals surface area contributed by atoms with E-state index in [0.29, 0.717) is 0 Å². The van der Waals surface area contributed by atoms with Gasteiger partial charge < -0.3 is 9.47 Å². The molecular weight excluding hydrogens is 540 g/mol. The van der Waals surface area contributed by atoms with Crippen LogP contribution in [0.25, 0.3) is 0 Å². The number of hydrogen-bond acceptors (Lipinski definition) is 4. The van der Waals surface area contributed by atoms with Crippen molar-refractivity contribution in [3.05, 3.63) is 83.9 Å². The molecule has 4 aliphatic rings. The zero-order valence-electron chi connectivity index (χ0n) is 17.1. The predicted octanol–water partition coefficient (Wildman–Crippen LogP) is 5.27. The van der Waals surface area contributed by atoms with Crippen molar-refractivity contribution in [1.29, 1.82) is 0 Å². The number of nitrogens with zero attached hydrogens (tertiary/aromatic N) is 2. The normalized spacial score (nSPS) is 29.8. The van der Waals surface area contributed by atoms with E-state index in [4.69, 9.17) is 9.47 Å². The molecule has 166 valence electrons. The predicted molar refractivity (Wildman–Crippen MR) is 126 cm³/mol. The SMILES string of the molecule is O=C(OCc1ccccc1)N1C2C=CC(C3C(Br)C(Br)C32)N1C(=O)OCc1ccccc1. The Hall–Kier alpha value is -2.32. The third-order valence-corrected chi connectivity index (χ3v) is 9.43. The van der Waals surface area contributed by atoms with Crippen LogP contribution in [0.3, 0.4) is 0 Å². The Kier molecular flexibility index (Phi) is 5.99. The van der Waals surface area contributed by atoms with Crippen LogP contribution in [0.15, 0.2) is 72.8 Å². The van der Waals surface area contributed by atoms with Crippen LogP contribution >= 0.6 is 31.9 Å². The molecule has 2 heterocycles. The van der Waals surface area contributed by atoms with Crippen molar-refractivity contribution in [3.63, 3.8) is 0 Å². The van der Waals surface area contributed by atoms with E-state index in [1.165, 1.54) is 10.0 Å². The molecule has 1 saturated heterocycles. The Morgan fingerprint density at radius 1 is 0.688 bits per heavy atom. The maximum atomic E-state index is 13.2. The van der Waals surface area contributed by atoms with Crippen molar-refractivity contribution in [2.45, 2.75) is 35.0 Å². The van der Waals surface area contributed by atoms with Gasteiger partial charge in [0.05, 0.1) is 12.1 Å². The lowest BCUT2D eigenvalue weighted by Crippen LogP contribution is -2.76. The van der Waals surface area contributed by atoms with Crippen molar-refractivity contribution in [3.8, 4) is 0 Å². The summed E-state index contributed by atoms with van der Waals surface area (Å²) in [5, 5.41) is 2.88. The van der Waals surface area contributed by atoms with E-state index in [-0.39, 0.29) is 46.8 Å². The van der Waals surface area contributed by atoms with Crippen LogP contribution in [0, 0.1) is 11.8 Å². The van der Waals surface area contributed by atoms with Gasteiger partial charge in [-0.3, -0.25) is 0 Å². The minimum Gasteiger partial charge on any atom is -0.443 e. The number of fused-ring (bicyclic) bond motifs is 1. The summed E-state index contributed by atoms with van der Waals surface area (Å²) in [4.78, 5) is 26.8. The van der Waals surface area contributed by atoms with Gasteiger partial charge in [0.2, 0.25) is 0 Å². The first kappa shape index (κ1) is 21.5. The average Bonchev–Trinajstić information content (AvgIpc) is 2.85. The fraction of sp³-hybridized carbons (Fsp3) is 0.333. The van der Waals surface area contributed by atoms with Gasteiger partial charge >= 0.3 is 12.2 Å². The van der Waals surface area contributed by atoms with Crippen LogP contribution in [0.1, 0.15) is 11.1 Å². The number of hydrogen-bond donors (Lipinski definition) is 0. The number of rotatable bonds is 4. The van der Waals surface area contributed by atoms with Gasteiger partial charge in [-0.2, -0.15) is 0 Å². The molecule has 6 nitrogen and oxygen atoms in total. The van der Waals surface area contributed by atoms with E-state index in [1.54, 1.807) is 0 Å². The molecule has 6 rings (SSSR count). The molecule has 2 amide bonds. The van der Waals surface area contributed by atoms with Crippen LogP contribution in [-0.4, -0.2) is 43.9 Å². The maximum absolute atomic E-state index is 13.2. The molecule has 2 aliphatic heterocycles. The summed E-state index contributed by atoms with van der Waals surface area (Å²) in [7, 11) is 0. The highest BCUT2D eigenvalue weighted by atomic mass is 79.9. The monoisotopic (exact) mass is 560 g/mol. The summed E-state index contributed by atoms with van der Waals surface area (Å²) in [6, 6.07) is 18.4. The van der Waals surface area contributed by atoms with Crippen LogP contribution in [0.5, 0.6) is 0 Å². The minimum absolute atomic E-state index is 0.136. The van der Waals surface area contributed by atoms with Crippen LogP contribution in [-0.2, 0) is 22.7 Å². The summed E-state index contributed by atoms with van der Waals surface area (Å²) in [6.07, 6.45) is 2.90. The molecule has 0 spiro atoms. The summed E-state index contributed by atoms with van der Waals surface area (Å²) in [5.41, 5.74) is 1.77. The zero-order valence-corrected chi connectivity index (χ0v) is 20.3. The molecule has 0 N–H and O–H groups in total. The highest BCUT2D eigenvalue weighted by Gasteiger charge is 2.64. The van der Waals surface area contributed by atoms with E-state index < -0.39 is 12.2 Å². The Balaban J connectivity index is 1.36. The summed E-state index contributed by atoms with van der Waals surface area (Å²) < 4.78 is 11.2. The Morgan fingerprint density at radius 3 is 1.44 bits per heavy atom. The third kappa shape index (κ3) is 3.73. The second-order valence-corrected chi connectivity index (χ2v) is 10.3. The van der Waals surface area contributed by atoms with Crippen LogP contribution in [0.4, 0.5) is 9.59 Å². The quantitative estimate of drug-likeness (QED) is 0.377. The molecule has 0 aromatic heterocycles. The highest BCUT2D eigenvalue weighted by Crippen LogP contribution is 2.56. The van der Waals surface area contributed by atoms with Gasteiger partial charge in [-0.1, -0.05) is 105 Å². The lowest BCUT2D eigenvalue weighted by molar-refractivity contribution is -0.143. The van der Waals surface area contributed by atoms with Gasteiger partial charge in [-0.25, -0.2) is 19.6 Å². The first-order valence-corrected chi connectivity index (χ1v) is 12.4. The van der Waals surface area contributed by atoms with Crippen molar-refractivity contribution >= 4 is 44.0 Å². The van der Waals surface area contributed by atoms with Gasteiger partial charge in [0.15, 0.2) is 0 Å². The average molecular weight is 562 g/mol.